The van der Waals surface area contributed by atoms with Crippen molar-refractivity contribution in [3.63, 3.8) is 0 Å². The first-order chi connectivity index (χ1) is 10.5. The summed E-state index contributed by atoms with van der Waals surface area (Å²) >= 11 is 0. The van der Waals surface area contributed by atoms with Crippen LogP contribution in [0.1, 0.15) is 37.3 Å². The van der Waals surface area contributed by atoms with Gasteiger partial charge in [-0.3, -0.25) is 14.3 Å². The van der Waals surface area contributed by atoms with Crippen molar-refractivity contribution in [2.75, 3.05) is 20.1 Å². The van der Waals surface area contributed by atoms with E-state index in [0.29, 0.717) is 25.1 Å². The summed E-state index contributed by atoms with van der Waals surface area (Å²) < 4.78 is 1.95. The molecule has 0 saturated carbocycles. The van der Waals surface area contributed by atoms with Crippen LogP contribution in [0, 0.1) is 6.92 Å². The van der Waals surface area contributed by atoms with Gasteiger partial charge in [-0.15, -0.1) is 0 Å². The van der Waals surface area contributed by atoms with Crippen molar-refractivity contribution >= 4 is 17.5 Å². The molecule has 2 aliphatic rings. The molecule has 0 N–H and O–H groups in total. The van der Waals surface area contributed by atoms with Crippen LogP contribution < -0.4 is 0 Å². The van der Waals surface area contributed by atoms with Gasteiger partial charge in [0.2, 0.25) is 5.91 Å². The van der Waals surface area contributed by atoms with Crippen LogP contribution in [0.4, 0.5) is 0 Å². The van der Waals surface area contributed by atoms with Crippen LogP contribution in [0.2, 0.25) is 0 Å². The lowest BCUT2D eigenvalue weighted by Gasteiger charge is -2.33. The number of aryl methyl sites for hydroxylation is 1. The molecule has 2 amide bonds. The Morgan fingerprint density at radius 1 is 1.36 bits per heavy atom. The Morgan fingerprint density at radius 3 is 2.86 bits per heavy atom. The van der Waals surface area contributed by atoms with Crippen LogP contribution >= 0.6 is 0 Å². The zero-order chi connectivity index (χ0) is 15.7. The average molecular weight is 303 g/mol. The molecule has 1 aromatic heterocycles. The minimum atomic E-state index is -0.0482. The number of hydrogen-bond donors (Lipinski definition) is 0. The highest BCUT2D eigenvalue weighted by atomic mass is 16.2. The summed E-state index contributed by atoms with van der Waals surface area (Å²) in [6, 6.07) is 0.218. The lowest BCUT2D eigenvalue weighted by molar-refractivity contribution is -0.131. The van der Waals surface area contributed by atoms with Crippen LogP contribution in [0.3, 0.4) is 0 Å². The number of hydrogen-bond acceptors (Lipinski definition) is 4. The Labute approximate surface area is 129 Å². The molecule has 22 heavy (non-hydrogen) atoms. The van der Waals surface area contributed by atoms with E-state index in [-0.39, 0.29) is 17.9 Å². The predicted molar refractivity (Wildman–Crippen MR) is 81.3 cm³/mol. The van der Waals surface area contributed by atoms with Crippen LogP contribution in [-0.2, 0) is 9.59 Å². The van der Waals surface area contributed by atoms with Crippen molar-refractivity contribution in [3.8, 4) is 0 Å². The van der Waals surface area contributed by atoms with E-state index in [1.807, 2.05) is 28.9 Å². The minimum absolute atomic E-state index is 0.0416. The Morgan fingerprint density at radius 2 is 2.18 bits per heavy atom. The van der Waals surface area contributed by atoms with Gasteiger partial charge in [-0.2, -0.15) is 10.2 Å². The lowest BCUT2D eigenvalue weighted by atomic mass is 10.0. The molecule has 3 rings (SSSR count). The van der Waals surface area contributed by atoms with Crippen molar-refractivity contribution in [2.24, 2.45) is 5.10 Å². The Balaban J connectivity index is 1.70. The van der Waals surface area contributed by atoms with E-state index in [0.717, 1.165) is 24.9 Å². The molecule has 7 nitrogen and oxygen atoms in total. The van der Waals surface area contributed by atoms with Gasteiger partial charge >= 0.3 is 0 Å². The number of carbonyl (C=O) groups is 2. The van der Waals surface area contributed by atoms with Crippen molar-refractivity contribution in [1.29, 1.82) is 0 Å². The summed E-state index contributed by atoms with van der Waals surface area (Å²) in [6.07, 6.45) is 6.63. The highest BCUT2D eigenvalue weighted by Crippen LogP contribution is 2.22. The normalized spacial score (nSPS) is 22.7. The zero-order valence-electron chi connectivity index (χ0n) is 13.0. The molecule has 0 spiro atoms. The Bertz CT molecular complexity index is 621. The molecule has 1 aromatic rings. The number of aromatic nitrogens is 2. The number of piperidine rings is 1. The topological polar surface area (TPSA) is 70.8 Å². The van der Waals surface area contributed by atoms with Gasteiger partial charge in [-0.25, -0.2) is 5.01 Å². The third-order valence-corrected chi connectivity index (χ3v) is 4.24. The van der Waals surface area contributed by atoms with E-state index >= 15 is 0 Å². The summed E-state index contributed by atoms with van der Waals surface area (Å²) in [4.78, 5) is 25.9. The van der Waals surface area contributed by atoms with Crippen LogP contribution in [-0.4, -0.2) is 57.4 Å². The molecule has 0 unspecified atom stereocenters. The largest absolute Gasteiger partial charge is 0.335 e. The van der Waals surface area contributed by atoms with E-state index in [4.69, 9.17) is 0 Å². The fourth-order valence-corrected chi connectivity index (χ4v) is 2.99. The number of hydrazone groups is 1. The predicted octanol–water partition coefficient (Wildman–Crippen LogP) is 0.963. The van der Waals surface area contributed by atoms with Gasteiger partial charge in [0.25, 0.3) is 5.91 Å². The average Bonchev–Trinajstić information content (AvgIpc) is 2.96. The SMILES string of the molecule is Cc1cnn([C@H]2CCCN(C(=O)C3=NN(C)C(=O)CC3)C2)c1. The van der Waals surface area contributed by atoms with Gasteiger partial charge in [0.15, 0.2) is 0 Å². The summed E-state index contributed by atoms with van der Waals surface area (Å²) in [5.41, 5.74) is 1.61. The first-order valence-electron chi connectivity index (χ1n) is 7.68. The van der Waals surface area contributed by atoms with Crippen LogP contribution in [0.15, 0.2) is 17.5 Å². The molecule has 1 saturated heterocycles. The first-order valence-corrected chi connectivity index (χ1v) is 7.68. The van der Waals surface area contributed by atoms with E-state index in [9.17, 15) is 9.59 Å². The smallest absolute Gasteiger partial charge is 0.270 e. The molecule has 7 heteroatoms. The zero-order valence-corrected chi connectivity index (χ0v) is 13.0. The molecule has 118 valence electrons. The Kier molecular flexibility index (Phi) is 3.96. The maximum atomic E-state index is 12.6. The second-order valence-corrected chi connectivity index (χ2v) is 6.01. The molecule has 2 aliphatic heterocycles. The van der Waals surface area contributed by atoms with Gasteiger partial charge < -0.3 is 4.90 Å². The van der Waals surface area contributed by atoms with Gasteiger partial charge in [0.1, 0.15) is 5.71 Å². The number of amides is 2. The van der Waals surface area contributed by atoms with Crippen molar-refractivity contribution in [1.82, 2.24) is 19.7 Å². The highest BCUT2D eigenvalue weighted by Gasteiger charge is 2.30. The van der Waals surface area contributed by atoms with Crippen LogP contribution in [0.25, 0.3) is 0 Å². The maximum absolute atomic E-state index is 12.6. The van der Waals surface area contributed by atoms with E-state index in [2.05, 4.69) is 10.2 Å². The molecular formula is C15H21N5O2. The van der Waals surface area contributed by atoms with Crippen molar-refractivity contribution < 1.29 is 9.59 Å². The number of likely N-dealkylation sites (tertiary alicyclic amines) is 1. The second-order valence-electron chi connectivity index (χ2n) is 6.01. The number of rotatable bonds is 2. The Hall–Kier alpha value is -2.18. The minimum Gasteiger partial charge on any atom is -0.335 e. The summed E-state index contributed by atoms with van der Waals surface area (Å²) in [5.74, 6) is -0.0898. The molecular weight excluding hydrogens is 282 g/mol. The van der Waals surface area contributed by atoms with E-state index in [1.165, 1.54) is 5.01 Å². The maximum Gasteiger partial charge on any atom is 0.270 e. The van der Waals surface area contributed by atoms with Crippen molar-refractivity contribution in [2.45, 2.75) is 38.6 Å². The quantitative estimate of drug-likeness (QED) is 0.817. The molecule has 1 atom stereocenters. The van der Waals surface area contributed by atoms with Gasteiger partial charge in [-0.1, -0.05) is 0 Å². The first kappa shape index (κ1) is 14.7. The second kappa shape index (κ2) is 5.90. The molecule has 0 aromatic carbocycles. The fourth-order valence-electron chi connectivity index (χ4n) is 2.99. The van der Waals surface area contributed by atoms with E-state index in [1.54, 1.807) is 7.05 Å². The fraction of sp³-hybridized carbons (Fsp3) is 0.600. The number of nitrogens with zero attached hydrogens (tertiary/aromatic N) is 5. The third kappa shape index (κ3) is 2.88. The van der Waals surface area contributed by atoms with Gasteiger partial charge in [0, 0.05) is 39.2 Å². The van der Waals surface area contributed by atoms with Gasteiger partial charge in [0.05, 0.1) is 12.2 Å². The monoisotopic (exact) mass is 303 g/mol. The number of carbonyl (C=O) groups excluding carboxylic acids is 2. The summed E-state index contributed by atoms with van der Waals surface area (Å²) in [5, 5.41) is 9.76. The highest BCUT2D eigenvalue weighted by molar-refractivity contribution is 6.39. The van der Waals surface area contributed by atoms with Gasteiger partial charge in [-0.05, 0) is 25.3 Å². The third-order valence-electron chi connectivity index (χ3n) is 4.24. The van der Waals surface area contributed by atoms with E-state index < -0.39 is 0 Å². The molecule has 3 heterocycles. The summed E-state index contributed by atoms with van der Waals surface area (Å²) in [7, 11) is 1.60. The molecule has 0 aliphatic carbocycles. The standard InChI is InChI=1S/C15H21N5O2/c1-11-8-16-20(9-11)12-4-3-7-19(10-12)15(22)13-5-6-14(21)18(2)17-13/h8-9,12H,3-7,10H2,1-2H3/t12-/m0/s1. The lowest BCUT2D eigenvalue weighted by Crippen LogP contribution is -2.45. The molecule has 1 fully saturated rings. The van der Waals surface area contributed by atoms with Crippen LogP contribution in [0.5, 0.6) is 0 Å². The van der Waals surface area contributed by atoms with Crippen molar-refractivity contribution in [3.05, 3.63) is 18.0 Å². The summed E-state index contributed by atoms with van der Waals surface area (Å²) in [6.45, 7) is 3.40. The molecule has 0 bridgehead atoms. The molecule has 0 radical (unpaired) electrons.